The molecule has 0 saturated heterocycles. The van der Waals surface area contributed by atoms with E-state index in [2.05, 4.69) is 175 Å². The van der Waals surface area contributed by atoms with E-state index < -0.39 is 0 Å². The average Bonchev–Trinajstić information content (AvgIpc) is 3.50. The maximum Gasteiger partial charge on any atom is 0.197 e. The smallest absolute Gasteiger partial charge is 0.197 e. The molecule has 1 N–H and O–H groups in total. The molecule has 3 nitrogen and oxygen atoms in total. The zero-order valence-electron chi connectivity index (χ0n) is 31.2. The molecule has 3 aliphatic rings. The summed E-state index contributed by atoms with van der Waals surface area (Å²) in [4.78, 5) is 2.52. The first-order valence-corrected chi connectivity index (χ1v) is 18.8. The molecule has 0 unspecified atom stereocenters. The summed E-state index contributed by atoms with van der Waals surface area (Å²) in [5.74, 6) is 0. The molecule has 10 rings (SSSR count). The number of nitrogens with zero attached hydrogens (tertiary/aromatic N) is 1. The van der Waals surface area contributed by atoms with Gasteiger partial charge in [0.15, 0.2) is 7.28 Å². The van der Waals surface area contributed by atoms with E-state index in [1.54, 1.807) is 0 Å². The largest absolute Gasteiger partial charge is 0.455 e. The Hall–Kier alpha value is -5.22. The number of benzene rings is 6. The van der Waals surface area contributed by atoms with Crippen LogP contribution in [0.3, 0.4) is 0 Å². The lowest BCUT2D eigenvalue weighted by molar-refractivity contribution is 0.332. The van der Waals surface area contributed by atoms with E-state index >= 15 is 0 Å². The van der Waals surface area contributed by atoms with E-state index in [4.69, 9.17) is 4.42 Å². The zero-order chi connectivity index (χ0) is 35.7. The minimum atomic E-state index is -0.119. The van der Waals surface area contributed by atoms with Crippen molar-refractivity contribution >= 4 is 68.6 Å². The summed E-state index contributed by atoms with van der Waals surface area (Å²) in [5, 5.41) is 6.22. The second-order valence-electron chi connectivity index (χ2n) is 17.2. The molecule has 0 atom stereocenters. The van der Waals surface area contributed by atoms with Gasteiger partial charge >= 0.3 is 0 Å². The fourth-order valence-corrected chi connectivity index (χ4v) is 9.60. The summed E-state index contributed by atoms with van der Waals surface area (Å²) in [6.07, 6.45) is 2.38. The number of hydrogen-bond acceptors (Lipinski definition) is 3. The van der Waals surface area contributed by atoms with Crippen LogP contribution in [-0.2, 0) is 16.2 Å². The number of aryl methyl sites for hydroxylation is 1. The highest BCUT2D eigenvalue weighted by Crippen LogP contribution is 2.53. The maximum atomic E-state index is 6.87. The fraction of sp³-hybridized carbons (Fsp3) is 0.250. The maximum absolute atomic E-state index is 6.87. The summed E-state index contributed by atoms with van der Waals surface area (Å²) in [6, 6.07) is 40.4. The third kappa shape index (κ3) is 4.39. The predicted octanol–water partition coefficient (Wildman–Crippen LogP) is 11.7. The third-order valence-corrected chi connectivity index (χ3v) is 12.6. The lowest BCUT2D eigenvalue weighted by Gasteiger charge is -2.46. The van der Waals surface area contributed by atoms with Crippen molar-refractivity contribution in [1.82, 2.24) is 0 Å². The van der Waals surface area contributed by atoms with E-state index in [0.29, 0.717) is 0 Å². The van der Waals surface area contributed by atoms with Crippen LogP contribution in [0, 0.1) is 6.92 Å². The average molecular weight is 676 g/mol. The van der Waals surface area contributed by atoms with Gasteiger partial charge in [0.1, 0.15) is 11.2 Å². The first kappa shape index (κ1) is 31.5. The molecule has 0 fully saturated rings. The van der Waals surface area contributed by atoms with Crippen molar-refractivity contribution in [2.24, 2.45) is 0 Å². The van der Waals surface area contributed by atoms with Crippen molar-refractivity contribution in [2.75, 3.05) is 10.2 Å². The van der Waals surface area contributed by atoms with E-state index in [-0.39, 0.29) is 16.2 Å². The van der Waals surface area contributed by atoms with Crippen molar-refractivity contribution in [3.8, 4) is 11.1 Å². The van der Waals surface area contributed by atoms with Crippen LogP contribution in [0.15, 0.2) is 114 Å². The van der Waals surface area contributed by atoms with Crippen molar-refractivity contribution in [3.05, 3.63) is 137 Å². The molecule has 255 valence electrons. The van der Waals surface area contributed by atoms with Crippen LogP contribution < -0.4 is 21.1 Å². The number of hydrogen-bond donors (Lipinski definition) is 1. The molecular weight excluding hydrogens is 631 g/mol. The molecule has 7 aromatic rings. The molecule has 3 heterocycles. The van der Waals surface area contributed by atoms with Gasteiger partial charge in [-0.2, -0.15) is 0 Å². The molecule has 1 aliphatic carbocycles. The van der Waals surface area contributed by atoms with Gasteiger partial charge in [-0.25, -0.2) is 0 Å². The molecule has 0 bridgehead atoms. The monoisotopic (exact) mass is 675 g/mol. The van der Waals surface area contributed by atoms with E-state index in [9.17, 15) is 0 Å². The van der Waals surface area contributed by atoms with Crippen molar-refractivity contribution in [1.29, 1.82) is 0 Å². The first-order valence-electron chi connectivity index (χ1n) is 18.8. The Bertz CT molecular complexity index is 2640. The minimum absolute atomic E-state index is 0.115. The predicted molar refractivity (Wildman–Crippen MR) is 221 cm³/mol. The fourth-order valence-electron chi connectivity index (χ4n) is 9.60. The lowest BCUT2D eigenvalue weighted by Crippen LogP contribution is -2.45. The molecule has 1 aromatic heterocycles. The molecule has 0 spiro atoms. The Kier molecular flexibility index (Phi) is 6.46. The summed E-state index contributed by atoms with van der Waals surface area (Å²) in [7, 11) is 2.41. The van der Waals surface area contributed by atoms with Crippen molar-refractivity contribution < 1.29 is 4.42 Å². The Morgan fingerprint density at radius 3 is 2.25 bits per heavy atom. The van der Waals surface area contributed by atoms with E-state index in [1.807, 2.05) is 0 Å². The quantitative estimate of drug-likeness (QED) is 0.189. The molecule has 0 saturated carbocycles. The van der Waals surface area contributed by atoms with Crippen molar-refractivity contribution in [3.63, 3.8) is 0 Å². The zero-order valence-corrected chi connectivity index (χ0v) is 31.2. The van der Waals surface area contributed by atoms with Gasteiger partial charge in [-0.05, 0) is 112 Å². The number of furan rings is 1. The number of para-hydroxylation sites is 3. The molecule has 2 aliphatic heterocycles. The molecule has 4 heteroatoms. The standard InChI is InChI=1S/C48H44BN2O/c1-28-25-32(43-40(26-28)51-39-17-10-9-14-34(39)48(6,7)35-15-12-16-37(49-43)44(35)51)42-38(22-20-31-30-13-8-11-18-41(30)52-45(31)42)50-29-19-21-33-36(27-29)47(4,5)24-23-46(33,2)3/h8-22,25-27,50H,23-24H2,1-7H3. The summed E-state index contributed by atoms with van der Waals surface area (Å²) in [5.41, 5.74) is 19.4. The Balaban J connectivity index is 1.23. The third-order valence-electron chi connectivity index (χ3n) is 12.6. The van der Waals surface area contributed by atoms with Crippen LogP contribution in [0.1, 0.15) is 82.2 Å². The Morgan fingerprint density at radius 2 is 1.40 bits per heavy atom. The van der Waals surface area contributed by atoms with Crippen molar-refractivity contribution in [2.45, 2.75) is 77.6 Å². The van der Waals surface area contributed by atoms with E-state index in [1.165, 1.54) is 74.2 Å². The highest BCUT2D eigenvalue weighted by Gasteiger charge is 2.41. The number of fused-ring (bicyclic) bond motifs is 8. The van der Waals surface area contributed by atoms with Gasteiger partial charge < -0.3 is 14.6 Å². The van der Waals surface area contributed by atoms with Gasteiger partial charge in [0.25, 0.3) is 0 Å². The normalized spacial score (nSPS) is 17.2. The van der Waals surface area contributed by atoms with Gasteiger partial charge in [0, 0.05) is 38.8 Å². The van der Waals surface area contributed by atoms with Crippen LogP contribution in [0.25, 0.3) is 33.1 Å². The van der Waals surface area contributed by atoms with Gasteiger partial charge in [0.2, 0.25) is 0 Å². The van der Waals surface area contributed by atoms with Gasteiger partial charge in [-0.3, -0.25) is 0 Å². The highest BCUT2D eigenvalue weighted by atomic mass is 16.3. The lowest BCUT2D eigenvalue weighted by atomic mass is 9.56. The summed E-state index contributed by atoms with van der Waals surface area (Å²) < 4.78 is 6.87. The van der Waals surface area contributed by atoms with Crippen LogP contribution >= 0.6 is 0 Å². The summed E-state index contributed by atoms with van der Waals surface area (Å²) in [6.45, 7) is 16.5. The second kappa shape index (κ2) is 10.7. The van der Waals surface area contributed by atoms with Crippen LogP contribution in [0.2, 0.25) is 0 Å². The van der Waals surface area contributed by atoms with Crippen LogP contribution in [-0.4, -0.2) is 7.28 Å². The molecular formula is C48H44BN2O. The second-order valence-corrected chi connectivity index (χ2v) is 17.2. The van der Waals surface area contributed by atoms with E-state index in [0.717, 1.165) is 38.9 Å². The SMILES string of the molecule is Cc1cc(-c2c(Nc3ccc4c(c3)C(C)(C)CCC4(C)C)ccc3c2oc2ccccc23)c2c(c1)N1c3ccccc3C(C)(C)c3cccc(c31)[B]2. The van der Waals surface area contributed by atoms with Crippen LogP contribution in [0.5, 0.6) is 0 Å². The minimum Gasteiger partial charge on any atom is -0.455 e. The highest BCUT2D eigenvalue weighted by molar-refractivity contribution is 6.73. The van der Waals surface area contributed by atoms with Gasteiger partial charge in [-0.1, -0.05) is 114 Å². The number of anilines is 5. The molecule has 1 radical (unpaired) electrons. The van der Waals surface area contributed by atoms with Crippen LogP contribution in [0.4, 0.5) is 28.4 Å². The number of rotatable bonds is 3. The van der Waals surface area contributed by atoms with Gasteiger partial charge in [0.05, 0.1) is 11.4 Å². The molecule has 52 heavy (non-hydrogen) atoms. The van der Waals surface area contributed by atoms with Gasteiger partial charge in [-0.15, -0.1) is 0 Å². The summed E-state index contributed by atoms with van der Waals surface area (Å²) >= 11 is 0. The molecule has 6 aromatic carbocycles. The Labute approximate surface area is 307 Å². The number of nitrogens with one attached hydrogen (secondary N) is 1. The Morgan fingerprint density at radius 1 is 0.654 bits per heavy atom. The molecule has 0 amide bonds. The topological polar surface area (TPSA) is 28.4 Å². The first-order chi connectivity index (χ1) is 24.9.